The zero-order valence-corrected chi connectivity index (χ0v) is 10.3. The molecular weight excluding hydrogens is 218 g/mol. The fraction of sp³-hybridized carbons (Fsp3) is 0.615. The van der Waals surface area contributed by atoms with Gasteiger partial charge < -0.3 is 4.48 Å². The molecule has 0 atom stereocenters. The highest BCUT2D eigenvalue weighted by Gasteiger charge is 2.40. The van der Waals surface area contributed by atoms with Crippen LogP contribution in [0.15, 0.2) is 16.8 Å². The Labute approximate surface area is 100 Å². The number of rotatable bonds is 3. The maximum Gasteiger partial charge on any atom is 0.217 e. The summed E-state index contributed by atoms with van der Waals surface area (Å²) in [6, 6.07) is 1.96. The molecular formula is C13H18NOS+. The SMILES string of the molecule is O=C(C[N+]12CCC(CC1)CC2)c1ccsc1. The molecule has 0 spiro atoms. The van der Waals surface area contributed by atoms with Crippen molar-refractivity contribution in [1.29, 1.82) is 0 Å². The molecule has 3 aliphatic rings. The monoisotopic (exact) mass is 236 g/mol. The van der Waals surface area contributed by atoms with Gasteiger partial charge in [-0.25, -0.2) is 0 Å². The molecule has 0 aromatic carbocycles. The zero-order valence-electron chi connectivity index (χ0n) is 9.52. The van der Waals surface area contributed by atoms with Crippen molar-refractivity contribution in [1.82, 2.24) is 0 Å². The molecule has 4 heterocycles. The lowest BCUT2D eigenvalue weighted by atomic mass is 9.85. The summed E-state index contributed by atoms with van der Waals surface area (Å²) in [7, 11) is 0. The Morgan fingerprint density at radius 2 is 2.00 bits per heavy atom. The second-order valence-electron chi connectivity index (χ2n) is 5.34. The van der Waals surface area contributed by atoms with E-state index in [9.17, 15) is 4.79 Å². The Bertz CT molecular complexity index is 363. The van der Waals surface area contributed by atoms with Gasteiger partial charge in [0.05, 0.1) is 19.6 Å². The molecule has 86 valence electrons. The standard InChI is InChI=1S/C13H18NOS/c15-13(12-4-8-16-10-12)9-14-5-1-11(2-6-14)3-7-14/h4,8,10-11H,1-3,5-7,9H2/q+1. The van der Waals surface area contributed by atoms with Gasteiger partial charge in [0, 0.05) is 10.9 Å². The van der Waals surface area contributed by atoms with E-state index in [1.807, 2.05) is 16.8 Å². The number of nitrogens with zero attached hydrogens (tertiary/aromatic N) is 1. The summed E-state index contributed by atoms with van der Waals surface area (Å²) in [4.78, 5) is 12.1. The minimum absolute atomic E-state index is 0.349. The van der Waals surface area contributed by atoms with Gasteiger partial charge >= 0.3 is 0 Å². The molecule has 0 saturated carbocycles. The van der Waals surface area contributed by atoms with Crippen LogP contribution in [0.5, 0.6) is 0 Å². The van der Waals surface area contributed by atoms with E-state index in [-0.39, 0.29) is 0 Å². The maximum absolute atomic E-state index is 12.1. The summed E-state index contributed by atoms with van der Waals surface area (Å²) >= 11 is 1.62. The van der Waals surface area contributed by atoms with Crippen molar-refractivity contribution in [3.8, 4) is 0 Å². The second-order valence-corrected chi connectivity index (χ2v) is 6.12. The van der Waals surface area contributed by atoms with Crippen LogP contribution in [-0.2, 0) is 0 Å². The summed E-state index contributed by atoms with van der Waals surface area (Å²) in [5, 5.41) is 3.98. The van der Waals surface area contributed by atoms with Crippen LogP contribution in [0.4, 0.5) is 0 Å². The number of hydrogen-bond acceptors (Lipinski definition) is 2. The van der Waals surface area contributed by atoms with Crippen LogP contribution in [0.25, 0.3) is 0 Å². The van der Waals surface area contributed by atoms with Crippen molar-refractivity contribution in [2.75, 3.05) is 26.2 Å². The van der Waals surface area contributed by atoms with Crippen LogP contribution in [0.1, 0.15) is 29.6 Å². The van der Waals surface area contributed by atoms with Gasteiger partial charge in [0.15, 0.2) is 0 Å². The molecule has 3 fully saturated rings. The first-order valence-electron chi connectivity index (χ1n) is 6.18. The van der Waals surface area contributed by atoms with E-state index >= 15 is 0 Å². The van der Waals surface area contributed by atoms with Crippen LogP contribution in [0, 0.1) is 5.92 Å². The third kappa shape index (κ3) is 1.82. The number of Topliss-reactive ketones (excluding diaryl/α,β-unsaturated/α-hetero) is 1. The van der Waals surface area contributed by atoms with Crippen molar-refractivity contribution >= 4 is 17.1 Å². The topological polar surface area (TPSA) is 17.1 Å². The Morgan fingerprint density at radius 3 is 2.56 bits per heavy atom. The summed E-state index contributed by atoms with van der Waals surface area (Å²) in [6.07, 6.45) is 4.03. The lowest BCUT2D eigenvalue weighted by Gasteiger charge is -2.48. The van der Waals surface area contributed by atoms with E-state index in [4.69, 9.17) is 0 Å². The van der Waals surface area contributed by atoms with Crippen LogP contribution in [-0.4, -0.2) is 36.4 Å². The number of thiophene rings is 1. The third-order valence-electron chi connectivity index (χ3n) is 4.36. The summed E-state index contributed by atoms with van der Waals surface area (Å²) in [5.41, 5.74) is 0.921. The molecule has 0 amide bonds. The summed E-state index contributed by atoms with van der Waals surface area (Å²) in [5.74, 6) is 1.32. The van der Waals surface area contributed by atoms with Crippen LogP contribution in [0.3, 0.4) is 0 Å². The second kappa shape index (κ2) is 3.97. The van der Waals surface area contributed by atoms with E-state index in [1.54, 1.807) is 11.3 Å². The highest BCUT2D eigenvalue weighted by Crippen LogP contribution is 2.33. The van der Waals surface area contributed by atoms with Gasteiger partial charge in [-0.2, -0.15) is 11.3 Å². The normalized spacial score (nSPS) is 32.9. The van der Waals surface area contributed by atoms with Crippen molar-refractivity contribution in [2.45, 2.75) is 19.3 Å². The van der Waals surface area contributed by atoms with Gasteiger partial charge in [0.2, 0.25) is 5.78 Å². The number of hydrogen-bond donors (Lipinski definition) is 0. The number of carbonyl (C=O) groups is 1. The van der Waals surface area contributed by atoms with E-state index in [0.29, 0.717) is 5.78 Å². The number of ketones is 1. The highest BCUT2D eigenvalue weighted by atomic mass is 32.1. The van der Waals surface area contributed by atoms with Crippen LogP contribution < -0.4 is 0 Å². The molecule has 1 aromatic rings. The zero-order chi connectivity index (χ0) is 11.0. The maximum atomic E-state index is 12.1. The van der Waals surface area contributed by atoms with Crippen LogP contribution >= 0.6 is 11.3 Å². The van der Waals surface area contributed by atoms with E-state index < -0.39 is 0 Å². The molecule has 3 saturated heterocycles. The third-order valence-corrected chi connectivity index (χ3v) is 5.04. The molecule has 2 nitrogen and oxygen atoms in total. The minimum atomic E-state index is 0.349. The van der Waals surface area contributed by atoms with Gasteiger partial charge in [-0.1, -0.05) is 0 Å². The number of quaternary nitrogens is 1. The minimum Gasteiger partial charge on any atom is -0.317 e. The van der Waals surface area contributed by atoms with Gasteiger partial charge in [-0.05, 0) is 36.6 Å². The quantitative estimate of drug-likeness (QED) is 0.582. The Hall–Kier alpha value is -0.670. The molecule has 2 bridgehead atoms. The van der Waals surface area contributed by atoms with Crippen molar-refractivity contribution in [3.05, 3.63) is 22.4 Å². The average molecular weight is 236 g/mol. The number of piperidine rings is 3. The fourth-order valence-corrected chi connectivity index (χ4v) is 3.85. The number of fused-ring (bicyclic) bond motifs is 3. The molecule has 3 heteroatoms. The summed E-state index contributed by atoms with van der Waals surface area (Å²) in [6.45, 7) is 4.45. The highest BCUT2D eigenvalue weighted by molar-refractivity contribution is 7.08. The molecule has 16 heavy (non-hydrogen) atoms. The summed E-state index contributed by atoms with van der Waals surface area (Å²) < 4.78 is 1.07. The van der Waals surface area contributed by atoms with E-state index in [1.165, 1.54) is 38.9 Å². The van der Waals surface area contributed by atoms with Gasteiger partial charge in [-0.15, -0.1) is 0 Å². The van der Waals surface area contributed by atoms with E-state index in [2.05, 4.69) is 0 Å². The predicted octanol–water partition coefficient (Wildman–Crippen LogP) is 2.56. The molecule has 3 aliphatic heterocycles. The Morgan fingerprint density at radius 1 is 1.31 bits per heavy atom. The fourth-order valence-electron chi connectivity index (χ4n) is 3.19. The first-order chi connectivity index (χ1) is 7.77. The molecule has 4 rings (SSSR count). The van der Waals surface area contributed by atoms with Crippen molar-refractivity contribution in [2.24, 2.45) is 5.92 Å². The lowest BCUT2D eigenvalue weighted by Crippen LogP contribution is -2.60. The Balaban J connectivity index is 1.72. The average Bonchev–Trinajstić information content (AvgIpc) is 2.84. The van der Waals surface area contributed by atoms with Gasteiger partial charge in [-0.3, -0.25) is 4.79 Å². The number of carbonyl (C=O) groups excluding carboxylic acids is 1. The first-order valence-corrected chi connectivity index (χ1v) is 7.12. The van der Waals surface area contributed by atoms with Crippen LogP contribution in [0.2, 0.25) is 0 Å². The van der Waals surface area contributed by atoms with E-state index in [0.717, 1.165) is 22.5 Å². The molecule has 0 radical (unpaired) electrons. The Kier molecular flexibility index (Phi) is 2.60. The molecule has 1 aromatic heterocycles. The smallest absolute Gasteiger partial charge is 0.217 e. The molecule has 0 unspecified atom stereocenters. The predicted molar refractivity (Wildman–Crippen MR) is 65.7 cm³/mol. The van der Waals surface area contributed by atoms with Crippen molar-refractivity contribution in [3.63, 3.8) is 0 Å². The largest absolute Gasteiger partial charge is 0.317 e. The first kappa shape index (κ1) is 10.5. The lowest BCUT2D eigenvalue weighted by molar-refractivity contribution is -0.935. The molecule has 0 N–H and O–H groups in total. The molecule has 0 aliphatic carbocycles. The van der Waals surface area contributed by atoms with Crippen molar-refractivity contribution < 1.29 is 9.28 Å². The van der Waals surface area contributed by atoms with Gasteiger partial charge in [0.25, 0.3) is 0 Å². The van der Waals surface area contributed by atoms with Gasteiger partial charge in [0.1, 0.15) is 6.54 Å².